The van der Waals surface area contributed by atoms with Crippen LogP contribution in [-0.4, -0.2) is 35.7 Å². The van der Waals surface area contributed by atoms with Crippen LogP contribution < -0.4 is 10.6 Å². The van der Waals surface area contributed by atoms with E-state index in [1.807, 2.05) is 56.3 Å². The molecule has 0 aliphatic carbocycles. The van der Waals surface area contributed by atoms with Gasteiger partial charge in [0.05, 0.1) is 19.0 Å². The molecule has 1 aliphatic rings. The van der Waals surface area contributed by atoms with E-state index in [0.29, 0.717) is 6.54 Å². The Morgan fingerprint density at radius 1 is 1.00 bits per heavy atom. The predicted molar refractivity (Wildman–Crippen MR) is 112 cm³/mol. The van der Waals surface area contributed by atoms with Gasteiger partial charge in [0.2, 0.25) is 17.7 Å². The molecule has 0 saturated heterocycles. The number of amides is 3. The number of fused-ring (bicyclic) bond motifs is 1. The molecule has 2 aromatic carbocycles. The number of para-hydroxylation sites is 1. The molecule has 0 aromatic heterocycles. The van der Waals surface area contributed by atoms with Crippen molar-refractivity contribution in [3.8, 4) is 0 Å². The number of nitrogens with one attached hydrogen (secondary N) is 2. The molecule has 152 valence electrons. The third-order valence-corrected chi connectivity index (χ3v) is 5.39. The van der Waals surface area contributed by atoms with Crippen LogP contribution >= 0.6 is 0 Å². The van der Waals surface area contributed by atoms with Gasteiger partial charge in [0.1, 0.15) is 0 Å². The zero-order valence-electron chi connectivity index (χ0n) is 17.1. The highest BCUT2D eigenvalue weighted by Gasteiger charge is 2.30. The first-order valence-corrected chi connectivity index (χ1v) is 9.84. The fourth-order valence-corrected chi connectivity index (χ4v) is 3.87. The van der Waals surface area contributed by atoms with Crippen molar-refractivity contribution in [2.24, 2.45) is 0 Å². The van der Waals surface area contributed by atoms with E-state index in [2.05, 4.69) is 10.6 Å². The van der Waals surface area contributed by atoms with Crippen LogP contribution in [0.2, 0.25) is 0 Å². The van der Waals surface area contributed by atoms with Gasteiger partial charge < -0.3 is 15.5 Å². The van der Waals surface area contributed by atoms with E-state index in [-0.39, 0.29) is 36.7 Å². The maximum absolute atomic E-state index is 12.6. The lowest BCUT2D eigenvalue weighted by atomic mass is 9.90. The van der Waals surface area contributed by atoms with Gasteiger partial charge in [0.15, 0.2) is 0 Å². The van der Waals surface area contributed by atoms with Crippen molar-refractivity contribution in [1.82, 2.24) is 10.2 Å². The van der Waals surface area contributed by atoms with E-state index in [1.165, 1.54) is 6.92 Å². The molecular weight excluding hydrogens is 366 g/mol. The third-order valence-electron chi connectivity index (χ3n) is 5.39. The predicted octanol–water partition coefficient (Wildman–Crippen LogP) is 2.89. The maximum Gasteiger partial charge on any atom is 0.243 e. The van der Waals surface area contributed by atoms with Gasteiger partial charge in [-0.1, -0.05) is 42.5 Å². The van der Waals surface area contributed by atoms with E-state index in [9.17, 15) is 14.4 Å². The van der Waals surface area contributed by atoms with Crippen LogP contribution in [0.15, 0.2) is 42.5 Å². The Hall–Kier alpha value is -3.15. The van der Waals surface area contributed by atoms with E-state index in [1.54, 1.807) is 4.90 Å². The molecule has 0 saturated carbocycles. The molecule has 1 aliphatic heterocycles. The first-order valence-electron chi connectivity index (χ1n) is 9.84. The molecule has 6 heteroatoms. The standard InChI is InChI=1S/C23H27N3O3/c1-15-7-6-8-16(2)23(15)25-22(29)14-24-21(28)13-20-19-10-5-4-9-18(19)11-12-26(20)17(3)27/h4-10,20H,11-14H2,1-3H3,(H,24,28)(H,25,29). The summed E-state index contributed by atoms with van der Waals surface area (Å²) in [6, 6.07) is 13.4. The van der Waals surface area contributed by atoms with Crippen LogP contribution in [0.5, 0.6) is 0 Å². The van der Waals surface area contributed by atoms with E-state index < -0.39 is 0 Å². The minimum atomic E-state index is -0.306. The number of nitrogens with zero attached hydrogens (tertiary/aromatic N) is 1. The zero-order valence-corrected chi connectivity index (χ0v) is 17.1. The number of hydrogen-bond acceptors (Lipinski definition) is 3. The van der Waals surface area contributed by atoms with Crippen LogP contribution in [0.25, 0.3) is 0 Å². The minimum Gasteiger partial charge on any atom is -0.347 e. The molecule has 2 aromatic rings. The zero-order chi connectivity index (χ0) is 21.0. The molecule has 0 radical (unpaired) electrons. The Kier molecular flexibility index (Phi) is 6.32. The molecule has 3 rings (SSSR count). The van der Waals surface area contributed by atoms with Crippen molar-refractivity contribution in [3.05, 3.63) is 64.7 Å². The minimum absolute atomic E-state index is 0.0509. The van der Waals surface area contributed by atoms with E-state index >= 15 is 0 Å². The highest BCUT2D eigenvalue weighted by Crippen LogP contribution is 2.32. The second-order valence-corrected chi connectivity index (χ2v) is 7.47. The van der Waals surface area contributed by atoms with Gasteiger partial charge in [0, 0.05) is 19.2 Å². The second-order valence-electron chi connectivity index (χ2n) is 7.47. The number of carbonyl (C=O) groups is 3. The molecule has 3 amide bonds. The Morgan fingerprint density at radius 3 is 2.38 bits per heavy atom. The quantitative estimate of drug-likeness (QED) is 0.820. The van der Waals surface area contributed by atoms with Gasteiger partial charge in [0.25, 0.3) is 0 Å². The number of anilines is 1. The molecule has 6 nitrogen and oxygen atoms in total. The van der Waals surface area contributed by atoms with Crippen molar-refractivity contribution in [3.63, 3.8) is 0 Å². The fourth-order valence-electron chi connectivity index (χ4n) is 3.87. The summed E-state index contributed by atoms with van der Waals surface area (Å²) in [5.74, 6) is -0.581. The van der Waals surface area contributed by atoms with E-state index in [4.69, 9.17) is 0 Å². The van der Waals surface area contributed by atoms with Crippen molar-refractivity contribution >= 4 is 23.4 Å². The molecule has 0 fully saturated rings. The van der Waals surface area contributed by atoms with Crippen molar-refractivity contribution in [1.29, 1.82) is 0 Å². The first-order chi connectivity index (χ1) is 13.9. The Bertz CT molecular complexity index is 918. The molecular formula is C23H27N3O3. The van der Waals surface area contributed by atoms with Gasteiger partial charge in [-0.2, -0.15) is 0 Å². The van der Waals surface area contributed by atoms with Crippen molar-refractivity contribution < 1.29 is 14.4 Å². The summed E-state index contributed by atoms with van der Waals surface area (Å²) in [4.78, 5) is 38.6. The number of aryl methyl sites for hydroxylation is 2. The molecule has 2 N–H and O–H groups in total. The molecule has 0 bridgehead atoms. The van der Waals surface area contributed by atoms with Crippen molar-refractivity contribution in [2.45, 2.75) is 39.7 Å². The number of carbonyl (C=O) groups excluding carboxylic acids is 3. The van der Waals surface area contributed by atoms with Gasteiger partial charge in [-0.3, -0.25) is 14.4 Å². The van der Waals surface area contributed by atoms with Gasteiger partial charge in [-0.25, -0.2) is 0 Å². The SMILES string of the molecule is CC(=O)N1CCc2ccccc2C1CC(=O)NCC(=O)Nc1c(C)cccc1C. The summed E-state index contributed by atoms with van der Waals surface area (Å²) in [6.45, 7) is 5.87. The Balaban J connectivity index is 1.62. The van der Waals surface area contributed by atoms with E-state index in [0.717, 1.165) is 34.4 Å². The maximum atomic E-state index is 12.6. The highest BCUT2D eigenvalue weighted by atomic mass is 16.2. The largest absolute Gasteiger partial charge is 0.347 e. The molecule has 0 spiro atoms. The number of rotatable bonds is 5. The van der Waals surface area contributed by atoms with Crippen LogP contribution in [-0.2, 0) is 20.8 Å². The Labute approximate surface area is 171 Å². The van der Waals surface area contributed by atoms with Gasteiger partial charge in [-0.15, -0.1) is 0 Å². The monoisotopic (exact) mass is 393 g/mol. The molecule has 1 atom stereocenters. The lowest BCUT2D eigenvalue weighted by Gasteiger charge is -2.36. The fraction of sp³-hybridized carbons (Fsp3) is 0.348. The number of benzene rings is 2. The molecule has 1 unspecified atom stereocenters. The molecule has 1 heterocycles. The van der Waals surface area contributed by atoms with Gasteiger partial charge >= 0.3 is 0 Å². The summed E-state index contributed by atoms with van der Waals surface area (Å²) in [7, 11) is 0. The van der Waals surface area contributed by atoms with Crippen LogP contribution in [0.1, 0.15) is 41.6 Å². The summed E-state index contributed by atoms with van der Waals surface area (Å²) >= 11 is 0. The topological polar surface area (TPSA) is 78.5 Å². The summed E-state index contributed by atoms with van der Waals surface area (Å²) in [5, 5.41) is 5.55. The summed E-state index contributed by atoms with van der Waals surface area (Å²) in [6.07, 6.45) is 0.916. The summed E-state index contributed by atoms with van der Waals surface area (Å²) in [5.41, 5.74) is 4.89. The lowest BCUT2D eigenvalue weighted by molar-refractivity contribution is -0.133. The normalized spacial score (nSPS) is 15.4. The summed E-state index contributed by atoms with van der Waals surface area (Å²) < 4.78 is 0. The van der Waals surface area contributed by atoms with Crippen molar-refractivity contribution in [2.75, 3.05) is 18.4 Å². The van der Waals surface area contributed by atoms with Gasteiger partial charge in [-0.05, 0) is 42.5 Å². The average Bonchev–Trinajstić information content (AvgIpc) is 2.69. The van der Waals surface area contributed by atoms with Crippen LogP contribution in [0.3, 0.4) is 0 Å². The first kappa shape index (κ1) is 20.6. The van der Waals surface area contributed by atoms with Crippen LogP contribution in [0, 0.1) is 13.8 Å². The highest BCUT2D eigenvalue weighted by molar-refractivity contribution is 5.95. The smallest absolute Gasteiger partial charge is 0.243 e. The average molecular weight is 393 g/mol. The third kappa shape index (κ3) is 4.83. The molecule has 29 heavy (non-hydrogen) atoms. The number of hydrogen-bond donors (Lipinski definition) is 2. The second kappa shape index (κ2) is 8.90. The lowest BCUT2D eigenvalue weighted by Crippen LogP contribution is -2.42. The van der Waals surface area contributed by atoms with Crippen LogP contribution in [0.4, 0.5) is 5.69 Å². The Morgan fingerprint density at radius 2 is 1.69 bits per heavy atom.